The van der Waals surface area contributed by atoms with Gasteiger partial charge in [-0.1, -0.05) is 18.7 Å². The molecule has 0 bridgehead atoms. The lowest BCUT2D eigenvalue weighted by Gasteiger charge is -2.37. The Bertz CT molecular complexity index is 1030. The van der Waals surface area contributed by atoms with Gasteiger partial charge in [-0.3, -0.25) is 4.79 Å². The van der Waals surface area contributed by atoms with Crippen LogP contribution in [0.4, 0.5) is 0 Å². The van der Waals surface area contributed by atoms with Crippen LogP contribution in [0.1, 0.15) is 44.2 Å². The van der Waals surface area contributed by atoms with Crippen molar-refractivity contribution in [1.82, 2.24) is 10.2 Å². The summed E-state index contributed by atoms with van der Waals surface area (Å²) in [4.78, 5) is 32.3. The van der Waals surface area contributed by atoms with Crippen LogP contribution in [0.5, 0.6) is 11.5 Å². The number of carbonyl (C=O) groups excluding carboxylic acids is 2. The van der Waals surface area contributed by atoms with Gasteiger partial charge < -0.3 is 24.4 Å². The van der Waals surface area contributed by atoms with Crippen LogP contribution in [0.15, 0.2) is 45.6 Å². The number of allylic oxidation sites excluding steroid dienone is 1. The number of fused-ring (bicyclic) bond motifs is 1. The van der Waals surface area contributed by atoms with Crippen molar-refractivity contribution in [2.24, 2.45) is 4.99 Å². The molecule has 3 aliphatic rings. The minimum atomic E-state index is -0.565. The first kappa shape index (κ1) is 22.3. The predicted molar refractivity (Wildman–Crippen MR) is 122 cm³/mol. The molecule has 8 nitrogen and oxygen atoms in total. The van der Waals surface area contributed by atoms with E-state index < -0.39 is 12.0 Å². The van der Waals surface area contributed by atoms with E-state index in [1.165, 1.54) is 18.9 Å². The monoisotopic (exact) mass is 457 g/mol. The second kappa shape index (κ2) is 9.28. The Kier molecular flexibility index (Phi) is 6.45. The molecule has 0 radical (unpaired) electrons. The molecule has 1 aromatic rings. The number of amides is 1. The first-order valence-corrected chi connectivity index (χ1v) is 11.4. The Morgan fingerprint density at radius 2 is 2.00 bits per heavy atom. The molecular weight excluding hydrogens is 430 g/mol. The van der Waals surface area contributed by atoms with E-state index in [0.717, 1.165) is 29.3 Å². The molecule has 9 heteroatoms. The number of thioether (sulfide) groups is 1. The number of carbonyl (C=O) groups is 2. The Balaban J connectivity index is 1.82. The van der Waals surface area contributed by atoms with Crippen LogP contribution in [-0.2, 0) is 14.3 Å². The second-order valence-corrected chi connectivity index (χ2v) is 8.56. The number of nitrogens with zero attached hydrogens (tertiary/aromatic N) is 2. The van der Waals surface area contributed by atoms with Gasteiger partial charge in [-0.2, -0.15) is 0 Å². The number of aliphatic imine (C=N–C) groups is 1. The summed E-state index contributed by atoms with van der Waals surface area (Å²) in [6, 6.07) is 5.18. The fraction of sp³-hybridized carbons (Fsp3) is 0.435. The summed E-state index contributed by atoms with van der Waals surface area (Å²) in [5.41, 5.74) is 2.60. The Labute approximate surface area is 191 Å². The molecular formula is C23H27N3O5S. The number of benzene rings is 1. The molecule has 1 atom stereocenters. The van der Waals surface area contributed by atoms with Crippen molar-refractivity contribution in [3.8, 4) is 11.5 Å². The number of hydrogen-bond acceptors (Lipinski definition) is 8. The first-order valence-electron chi connectivity index (χ1n) is 10.6. The lowest BCUT2D eigenvalue weighted by atomic mass is 9.92. The molecule has 170 valence electrons. The molecule has 1 unspecified atom stereocenters. The van der Waals surface area contributed by atoms with Gasteiger partial charge in [-0.05, 0) is 42.9 Å². The van der Waals surface area contributed by atoms with E-state index in [4.69, 9.17) is 19.2 Å². The third-order valence-corrected chi connectivity index (χ3v) is 6.53. The van der Waals surface area contributed by atoms with E-state index >= 15 is 0 Å². The van der Waals surface area contributed by atoms with E-state index in [1.807, 2.05) is 29.4 Å². The molecule has 1 aliphatic carbocycles. The fourth-order valence-corrected chi connectivity index (χ4v) is 4.87. The number of esters is 1. The van der Waals surface area contributed by atoms with Crippen LogP contribution < -0.4 is 14.8 Å². The Hall–Kier alpha value is -2.94. The van der Waals surface area contributed by atoms with Crippen molar-refractivity contribution in [2.45, 2.75) is 44.7 Å². The van der Waals surface area contributed by atoms with Gasteiger partial charge in [-0.25, -0.2) is 9.79 Å². The maximum absolute atomic E-state index is 13.0. The largest absolute Gasteiger partial charge is 0.497 e. The topological polar surface area (TPSA) is 89.5 Å². The van der Waals surface area contributed by atoms with Crippen LogP contribution in [0.3, 0.4) is 0 Å². The normalized spacial score (nSPS) is 19.8. The summed E-state index contributed by atoms with van der Waals surface area (Å²) in [6.07, 6.45) is 2.80. The minimum absolute atomic E-state index is 0.0400. The molecule has 0 aromatic heterocycles. The van der Waals surface area contributed by atoms with Crippen LogP contribution in [0, 0.1) is 0 Å². The summed E-state index contributed by atoms with van der Waals surface area (Å²) in [5.74, 6) is 0.739. The first-order chi connectivity index (χ1) is 15.5. The van der Waals surface area contributed by atoms with Crippen molar-refractivity contribution in [1.29, 1.82) is 0 Å². The van der Waals surface area contributed by atoms with E-state index in [-0.39, 0.29) is 18.4 Å². The number of nitrogens with one attached hydrogen (secondary N) is 1. The smallest absolute Gasteiger partial charge is 0.338 e. The maximum atomic E-state index is 13.0. The van der Waals surface area contributed by atoms with Crippen LogP contribution in [0.25, 0.3) is 0 Å². The quantitative estimate of drug-likeness (QED) is 0.598. The van der Waals surface area contributed by atoms with Gasteiger partial charge in [-0.15, -0.1) is 0 Å². The molecule has 4 rings (SSSR count). The summed E-state index contributed by atoms with van der Waals surface area (Å²) in [7, 11) is 4.54. The average molecular weight is 458 g/mol. The number of rotatable bonds is 8. The zero-order chi connectivity index (χ0) is 22.8. The van der Waals surface area contributed by atoms with Gasteiger partial charge in [0.05, 0.1) is 45.1 Å². The molecule has 1 amide bonds. The van der Waals surface area contributed by atoms with Gasteiger partial charge in [0.15, 0.2) is 5.17 Å². The SMILES string of the molecule is CCC1=C(C(=O)OC)C(c2cc(OC)ccc2OC)N2C(CC(=O)NC3CC3)=CSC2=N1. The Morgan fingerprint density at radius 1 is 1.22 bits per heavy atom. The number of hydrogen-bond donors (Lipinski definition) is 1. The Morgan fingerprint density at radius 3 is 2.62 bits per heavy atom. The van der Waals surface area contributed by atoms with Crippen LogP contribution in [-0.4, -0.2) is 49.3 Å². The van der Waals surface area contributed by atoms with Gasteiger partial charge in [0.1, 0.15) is 11.5 Å². The van der Waals surface area contributed by atoms with E-state index in [2.05, 4.69) is 5.32 Å². The number of amidine groups is 1. The number of methoxy groups -OCH3 is 3. The van der Waals surface area contributed by atoms with Gasteiger partial charge in [0, 0.05) is 17.3 Å². The zero-order valence-corrected chi connectivity index (χ0v) is 19.5. The lowest BCUT2D eigenvalue weighted by molar-refractivity contribution is -0.136. The molecule has 32 heavy (non-hydrogen) atoms. The summed E-state index contributed by atoms with van der Waals surface area (Å²) < 4.78 is 16.3. The third kappa shape index (κ3) is 4.21. The van der Waals surface area contributed by atoms with Crippen molar-refractivity contribution < 1.29 is 23.8 Å². The standard InChI is InChI=1S/C23H27N3O5S/c1-5-17-20(22(28)31-4)21(16-11-15(29-2)8-9-18(16)30-3)26-14(12-32-23(26)25-17)10-19(27)24-13-6-7-13/h8-9,11-13,21H,5-7,10H2,1-4H3,(H,24,27). The summed E-state index contributed by atoms with van der Waals surface area (Å²) >= 11 is 1.45. The molecule has 1 fully saturated rings. The highest BCUT2D eigenvalue weighted by atomic mass is 32.2. The maximum Gasteiger partial charge on any atom is 0.338 e. The molecule has 1 N–H and O–H groups in total. The molecule has 1 aromatic carbocycles. The summed E-state index contributed by atoms with van der Waals surface area (Å²) in [5, 5.41) is 5.68. The predicted octanol–water partition coefficient (Wildman–Crippen LogP) is 3.51. The van der Waals surface area contributed by atoms with Gasteiger partial charge in [0.2, 0.25) is 5.91 Å². The van der Waals surface area contributed by atoms with E-state index in [1.54, 1.807) is 20.3 Å². The zero-order valence-electron chi connectivity index (χ0n) is 18.6. The molecule has 0 saturated heterocycles. The third-order valence-electron chi connectivity index (χ3n) is 5.64. The van der Waals surface area contributed by atoms with E-state index in [0.29, 0.717) is 29.2 Å². The second-order valence-electron chi connectivity index (χ2n) is 7.73. The molecule has 2 aliphatic heterocycles. The highest BCUT2D eigenvalue weighted by Crippen LogP contribution is 2.48. The highest BCUT2D eigenvalue weighted by molar-refractivity contribution is 8.16. The minimum Gasteiger partial charge on any atom is -0.497 e. The van der Waals surface area contributed by atoms with Crippen molar-refractivity contribution >= 4 is 28.8 Å². The number of ether oxygens (including phenoxy) is 3. The lowest BCUT2D eigenvalue weighted by Crippen LogP contribution is -2.38. The van der Waals surface area contributed by atoms with Crippen molar-refractivity contribution in [3.05, 3.63) is 46.1 Å². The average Bonchev–Trinajstić information content (AvgIpc) is 3.54. The van der Waals surface area contributed by atoms with Crippen LogP contribution in [0.2, 0.25) is 0 Å². The van der Waals surface area contributed by atoms with E-state index in [9.17, 15) is 9.59 Å². The van der Waals surface area contributed by atoms with Gasteiger partial charge in [0.25, 0.3) is 0 Å². The van der Waals surface area contributed by atoms with Gasteiger partial charge >= 0.3 is 5.97 Å². The summed E-state index contributed by atoms with van der Waals surface area (Å²) in [6.45, 7) is 1.95. The molecule has 2 heterocycles. The van der Waals surface area contributed by atoms with Crippen molar-refractivity contribution in [2.75, 3.05) is 21.3 Å². The van der Waals surface area contributed by atoms with Crippen molar-refractivity contribution in [3.63, 3.8) is 0 Å². The highest BCUT2D eigenvalue weighted by Gasteiger charge is 2.43. The van der Waals surface area contributed by atoms with Crippen LogP contribution >= 0.6 is 11.8 Å². The molecule has 1 saturated carbocycles. The fourth-order valence-electron chi connectivity index (χ4n) is 3.93. The molecule has 0 spiro atoms.